The third-order valence-electron chi connectivity index (χ3n) is 4.99. The second kappa shape index (κ2) is 9.18. The maximum absolute atomic E-state index is 12.5. The van der Waals surface area contributed by atoms with Crippen molar-refractivity contribution in [2.75, 3.05) is 14.2 Å². The molecule has 4 nitrogen and oxygen atoms in total. The summed E-state index contributed by atoms with van der Waals surface area (Å²) in [5.74, 6) is 1.07. The Kier molecular flexibility index (Phi) is 5.99. The van der Waals surface area contributed by atoms with Crippen LogP contribution in [0, 0.1) is 0 Å². The minimum absolute atomic E-state index is 0.366. The van der Waals surface area contributed by atoms with E-state index in [2.05, 4.69) is 30.3 Å². The van der Waals surface area contributed by atoms with Crippen LogP contribution in [0.3, 0.4) is 0 Å². The van der Waals surface area contributed by atoms with E-state index in [-0.39, 0.29) is 0 Å². The number of carbonyl (C=O) groups is 1. The average molecular weight is 410 g/mol. The maximum atomic E-state index is 12.5. The summed E-state index contributed by atoms with van der Waals surface area (Å²) in [6.45, 7) is 0. The van der Waals surface area contributed by atoms with E-state index >= 15 is 0 Å². The van der Waals surface area contributed by atoms with Crippen molar-refractivity contribution in [2.45, 2.75) is 0 Å². The summed E-state index contributed by atoms with van der Waals surface area (Å²) in [4.78, 5) is 12.5. The Balaban J connectivity index is 1.54. The number of hydrogen-bond acceptors (Lipinski definition) is 4. The molecule has 4 heteroatoms. The highest BCUT2D eigenvalue weighted by Crippen LogP contribution is 2.30. The predicted octanol–water partition coefficient (Wildman–Crippen LogP) is 6.25. The van der Waals surface area contributed by atoms with Crippen LogP contribution < -0.4 is 14.2 Å². The molecule has 0 saturated carbocycles. The molecular formula is C27H22O4. The third kappa shape index (κ3) is 4.59. The molecule has 0 spiro atoms. The lowest BCUT2D eigenvalue weighted by Crippen LogP contribution is -2.09. The molecule has 0 bridgehead atoms. The number of rotatable bonds is 6. The monoisotopic (exact) mass is 410 g/mol. The van der Waals surface area contributed by atoms with Crippen molar-refractivity contribution >= 4 is 28.9 Å². The van der Waals surface area contributed by atoms with Crippen LogP contribution in [0.4, 0.5) is 0 Å². The van der Waals surface area contributed by atoms with E-state index in [1.54, 1.807) is 44.6 Å². The molecular weight excluding hydrogens is 388 g/mol. The van der Waals surface area contributed by atoms with E-state index in [4.69, 9.17) is 14.2 Å². The van der Waals surface area contributed by atoms with Gasteiger partial charge in [-0.3, -0.25) is 0 Å². The largest absolute Gasteiger partial charge is 0.497 e. The molecule has 0 aliphatic carbocycles. The fraction of sp³-hybridized carbons (Fsp3) is 0.0741. The van der Waals surface area contributed by atoms with E-state index in [0.29, 0.717) is 22.8 Å². The molecule has 0 radical (unpaired) electrons. The van der Waals surface area contributed by atoms with E-state index in [9.17, 15) is 4.79 Å². The van der Waals surface area contributed by atoms with Gasteiger partial charge in [-0.1, -0.05) is 60.7 Å². The lowest BCUT2D eigenvalue weighted by Gasteiger charge is -2.10. The molecule has 0 aliphatic rings. The SMILES string of the molecule is COc1ccc(C(=O)Oc2ccc(/C=C/c3cccc4ccccc34)cc2OC)cc1. The minimum atomic E-state index is -0.458. The topological polar surface area (TPSA) is 44.8 Å². The lowest BCUT2D eigenvalue weighted by atomic mass is 10.0. The van der Waals surface area contributed by atoms with Gasteiger partial charge in [0.25, 0.3) is 0 Å². The van der Waals surface area contributed by atoms with Gasteiger partial charge >= 0.3 is 5.97 Å². The summed E-state index contributed by atoms with van der Waals surface area (Å²) in [5, 5.41) is 2.39. The maximum Gasteiger partial charge on any atom is 0.343 e. The normalized spacial score (nSPS) is 10.9. The van der Waals surface area contributed by atoms with Gasteiger partial charge in [-0.15, -0.1) is 0 Å². The van der Waals surface area contributed by atoms with Gasteiger partial charge in [0.05, 0.1) is 19.8 Å². The minimum Gasteiger partial charge on any atom is -0.497 e. The summed E-state index contributed by atoms with van der Waals surface area (Å²) < 4.78 is 16.1. The first-order chi connectivity index (χ1) is 15.2. The van der Waals surface area contributed by atoms with Gasteiger partial charge in [0.15, 0.2) is 11.5 Å². The fourth-order valence-corrected chi connectivity index (χ4v) is 3.34. The second-order valence-corrected chi connectivity index (χ2v) is 6.93. The highest BCUT2D eigenvalue weighted by molar-refractivity contribution is 5.93. The highest BCUT2D eigenvalue weighted by Gasteiger charge is 2.13. The number of fused-ring (bicyclic) bond motifs is 1. The molecule has 4 rings (SSSR count). The first-order valence-corrected chi connectivity index (χ1v) is 9.88. The van der Waals surface area contributed by atoms with Crippen LogP contribution in [0.1, 0.15) is 21.5 Å². The summed E-state index contributed by atoms with van der Waals surface area (Å²) in [6.07, 6.45) is 4.08. The Morgan fingerprint density at radius 1 is 0.742 bits per heavy atom. The zero-order chi connectivity index (χ0) is 21.6. The van der Waals surface area contributed by atoms with E-state index < -0.39 is 5.97 Å². The van der Waals surface area contributed by atoms with Gasteiger partial charge in [0.2, 0.25) is 0 Å². The van der Waals surface area contributed by atoms with E-state index in [1.807, 2.05) is 36.4 Å². The summed E-state index contributed by atoms with van der Waals surface area (Å²) in [6, 6.07) is 26.7. The number of hydrogen-bond donors (Lipinski definition) is 0. The molecule has 0 aromatic heterocycles. The van der Waals surface area contributed by atoms with E-state index in [0.717, 1.165) is 11.1 Å². The van der Waals surface area contributed by atoms with Crippen molar-refractivity contribution in [3.05, 3.63) is 102 Å². The van der Waals surface area contributed by atoms with Crippen LogP contribution in [-0.4, -0.2) is 20.2 Å². The number of carbonyl (C=O) groups excluding carboxylic acids is 1. The van der Waals surface area contributed by atoms with Gasteiger partial charge in [0, 0.05) is 0 Å². The lowest BCUT2D eigenvalue weighted by molar-refractivity contribution is 0.0729. The van der Waals surface area contributed by atoms with Gasteiger partial charge in [-0.25, -0.2) is 4.79 Å². The molecule has 0 heterocycles. The third-order valence-corrected chi connectivity index (χ3v) is 4.99. The highest BCUT2D eigenvalue weighted by atomic mass is 16.6. The summed E-state index contributed by atoms with van der Waals surface area (Å²) in [7, 11) is 3.13. The molecule has 0 aliphatic heterocycles. The molecule has 0 unspecified atom stereocenters. The van der Waals surface area contributed by atoms with Crippen molar-refractivity contribution in [2.24, 2.45) is 0 Å². The van der Waals surface area contributed by atoms with Crippen LogP contribution >= 0.6 is 0 Å². The standard InChI is InChI=1S/C27H22O4/c1-29-23-15-13-22(14-16-23)27(28)31-25-17-11-19(18-26(25)30-2)10-12-21-8-5-7-20-6-3-4-9-24(20)21/h3-18H,1-2H3/b12-10+. The van der Waals surface area contributed by atoms with Crippen LogP contribution in [-0.2, 0) is 0 Å². The Hall–Kier alpha value is -4.05. The first kappa shape index (κ1) is 20.2. The number of methoxy groups -OCH3 is 2. The molecule has 0 amide bonds. The zero-order valence-corrected chi connectivity index (χ0v) is 17.4. The van der Waals surface area contributed by atoms with Gasteiger partial charge < -0.3 is 14.2 Å². The Bertz CT molecular complexity index is 1230. The molecule has 31 heavy (non-hydrogen) atoms. The van der Waals surface area contributed by atoms with Crippen LogP contribution in [0.5, 0.6) is 17.2 Å². The first-order valence-electron chi connectivity index (χ1n) is 9.88. The molecule has 0 N–H and O–H groups in total. The molecule has 0 fully saturated rings. The average Bonchev–Trinajstić information content (AvgIpc) is 2.83. The van der Waals surface area contributed by atoms with Crippen LogP contribution in [0.2, 0.25) is 0 Å². The smallest absolute Gasteiger partial charge is 0.343 e. The number of benzene rings is 4. The fourth-order valence-electron chi connectivity index (χ4n) is 3.34. The van der Waals surface area contributed by atoms with Crippen molar-refractivity contribution in [1.29, 1.82) is 0 Å². The molecule has 4 aromatic carbocycles. The van der Waals surface area contributed by atoms with Gasteiger partial charge in [-0.2, -0.15) is 0 Å². The quantitative estimate of drug-likeness (QED) is 0.214. The number of ether oxygens (including phenoxy) is 3. The van der Waals surface area contributed by atoms with Crippen LogP contribution in [0.25, 0.3) is 22.9 Å². The summed E-state index contributed by atoms with van der Waals surface area (Å²) >= 11 is 0. The Morgan fingerprint density at radius 3 is 2.29 bits per heavy atom. The molecule has 0 saturated heterocycles. The van der Waals surface area contributed by atoms with E-state index in [1.165, 1.54) is 10.8 Å². The van der Waals surface area contributed by atoms with Crippen molar-refractivity contribution in [3.8, 4) is 17.2 Å². The predicted molar refractivity (Wildman–Crippen MR) is 124 cm³/mol. The van der Waals surface area contributed by atoms with Crippen LogP contribution in [0.15, 0.2) is 84.9 Å². The Labute approximate surface area is 181 Å². The molecule has 0 atom stereocenters. The Morgan fingerprint density at radius 2 is 1.52 bits per heavy atom. The molecule has 4 aromatic rings. The van der Waals surface area contributed by atoms with Gasteiger partial charge in [0.1, 0.15) is 5.75 Å². The van der Waals surface area contributed by atoms with Crippen molar-refractivity contribution in [1.82, 2.24) is 0 Å². The summed E-state index contributed by atoms with van der Waals surface area (Å²) in [5.41, 5.74) is 2.50. The second-order valence-electron chi connectivity index (χ2n) is 6.93. The molecule has 154 valence electrons. The number of esters is 1. The van der Waals surface area contributed by atoms with Gasteiger partial charge in [-0.05, 0) is 58.3 Å². The zero-order valence-electron chi connectivity index (χ0n) is 17.4. The van der Waals surface area contributed by atoms with Crippen molar-refractivity contribution in [3.63, 3.8) is 0 Å². The van der Waals surface area contributed by atoms with Crippen molar-refractivity contribution < 1.29 is 19.0 Å².